The van der Waals surface area contributed by atoms with Crippen LogP contribution in [-0.2, 0) is 25.6 Å². The predicted molar refractivity (Wildman–Crippen MR) is 106 cm³/mol. The van der Waals surface area contributed by atoms with Gasteiger partial charge in [0.05, 0.1) is 38.4 Å². The van der Waals surface area contributed by atoms with E-state index in [2.05, 4.69) is 0 Å². The van der Waals surface area contributed by atoms with Crippen LogP contribution in [0.25, 0.3) is 0 Å². The van der Waals surface area contributed by atoms with Crippen LogP contribution in [0.4, 0.5) is 0 Å². The maximum absolute atomic E-state index is 12.2. The van der Waals surface area contributed by atoms with Crippen molar-refractivity contribution in [3.8, 4) is 11.5 Å². The highest BCUT2D eigenvalue weighted by molar-refractivity contribution is 5.78. The van der Waals surface area contributed by atoms with Crippen LogP contribution in [0.15, 0.2) is 42.5 Å². The number of esters is 1. The lowest BCUT2D eigenvalue weighted by Crippen LogP contribution is -2.11. The van der Waals surface area contributed by atoms with Crippen molar-refractivity contribution in [2.24, 2.45) is 5.92 Å². The van der Waals surface area contributed by atoms with E-state index in [4.69, 9.17) is 23.7 Å². The fourth-order valence-electron chi connectivity index (χ4n) is 3.73. The molecule has 0 aromatic heterocycles. The van der Waals surface area contributed by atoms with Crippen molar-refractivity contribution < 1.29 is 28.5 Å². The maximum Gasteiger partial charge on any atom is 0.309 e. The largest absolute Gasteiger partial charge is 0.497 e. The molecule has 4 rings (SSSR count). The zero-order chi connectivity index (χ0) is 20.2. The summed E-state index contributed by atoms with van der Waals surface area (Å²) in [4.78, 5) is 12.2. The van der Waals surface area contributed by atoms with Gasteiger partial charge in [-0.25, -0.2) is 0 Å². The minimum atomic E-state index is -0.509. The third-order valence-corrected chi connectivity index (χ3v) is 5.26. The highest BCUT2D eigenvalue weighted by atomic mass is 16.7. The number of benzene rings is 2. The zero-order valence-corrected chi connectivity index (χ0v) is 16.8. The van der Waals surface area contributed by atoms with Crippen molar-refractivity contribution in [2.45, 2.75) is 32.2 Å². The van der Waals surface area contributed by atoms with Crippen molar-refractivity contribution in [1.29, 1.82) is 0 Å². The van der Waals surface area contributed by atoms with E-state index in [1.165, 1.54) is 0 Å². The SMILES string of the molecule is CCOC(=O)[C@@H]1C[C@H]1c1cc(OC)cc(OCc2ccccc2)c1C1OCCO1. The molecule has 0 amide bonds. The average Bonchev–Trinajstić information content (AvgIpc) is 3.38. The molecule has 2 aliphatic rings. The number of carbonyl (C=O) groups is 1. The Bertz CT molecular complexity index is 844. The monoisotopic (exact) mass is 398 g/mol. The van der Waals surface area contributed by atoms with E-state index < -0.39 is 6.29 Å². The lowest BCUT2D eigenvalue weighted by molar-refractivity contribution is -0.144. The molecular formula is C23H26O6. The van der Waals surface area contributed by atoms with Crippen LogP contribution < -0.4 is 9.47 Å². The Morgan fingerprint density at radius 2 is 1.90 bits per heavy atom. The van der Waals surface area contributed by atoms with Crippen LogP contribution in [0.3, 0.4) is 0 Å². The molecular weight excluding hydrogens is 372 g/mol. The second kappa shape index (κ2) is 8.84. The molecule has 6 heteroatoms. The second-order valence-electron chi connectivity index (χ2n) is 7.18. The number of carbonyl (C=O) groups excluding carboxylic acids is 1. The molecule has 2 aromatic rings. The van der Waals surface area contributed by atoms with E-state index in [1.807, 2.05) is 49.4 Å². The van der Waals surface area contributed by atoms with Crippen molar-refractivity contribution in [3.05, 3.63) is 59.2 Å². The molecule has 1 aliphatic heterocycles. The van der Waals surface area contributed by atoms with Gasteiger partial charge < -0.3 is 23.7 Å². The molecule has 0 unspecified atom stereocenters. The maximum atomic E-state index is 12.2. The summed E-state index contributed by atoms with van der Waals surface area (Å²) in [6.07, 6.45) is 0.231. The summed E-state index contributed by atoms with van der Waals surface area (Å²) in [6.45, 7) is 3.68. The topological polar surface area (TPSA) is 63.2 Å². The highest BCUT2D eigenvalue weighted by Gasteiger charge is 2.48. The first-order chi connectivity index (χ1) is 14.2. The number of ether oxygens (including phenoxy) is 5. The Labute approximate surface area is 170 Å². The first kappa shape index (κ1) is 19.7. The standard InChI is InChI=1S/C23H26O6/c1-3-26-22(24)19-13-17(19)18-11-16(25-2)12-20(21(18)23-27-9-10-28-23)29-14-15-7-5-4-6-8-15/h4-8,11-12,17,19,23H,3,9-10,13-14H2,1-2H3/t17-,19+/m0/s1. The van der Waals surface area contributed by atoms with Crippen molar-refractivity contribution in [1.82, 2.24) is 0 Å². The van der Waals surface area contributed by atoms with Gasteiger partial charge in [-0.15, -0.1) is 0 Å². The molecule has 0 N–H and O–H groups in total. The Morgan fingerprint density at radius 3 is 2.59 bits per heavy atom. The van der Waals surface area contributed by atoms with Gasteiger partial charge >= 0.3 is 5.97 Å². The highest BCUT2D eigenvalue weighted by Crippen LogP contribution is 2.53. The molecule has 1 saturated carbocycles. The molecule has 1 saturated heterocycles. The van der Waals surface area contributed by atoms with Crippen LogP contribution in [-0.4, -0.2) is 32.9 Å². The van der Waals surface area contributed by atoms with Crippen molar-refractivity contribution >= 4 is 5.97 Å². The van der Waals surface area contributed by atoms with E-state index in [0.29, 0.717) is 37.9 Å². The van der Waals surface area contributed by atoms with E-state index in [1.54, 1.807) is 7.11 Å². The van der Waals surface area contributed by atoms with Gasteiger partial charge in [-0.05, 0) is 36.5 Å². The van der Waals surface area contributed by atoms with E-state index in [0.717, 1.165) is 23.1 Å². The Kier molecular flexibility index (Phi) is 6.02. The van der Waals surface area contributed by atoms with Gasteiger partial charge in [0.15, 0.2) is 6.29 Å². The minimum absolute atomic E-state index is 0.0472. The molecule has 1 heterocycles. The van der Waals surface area contributed by atoms with Crippen molar-refractivity contribution in [3.63, 3.8) is 0 Å². The minimum Gasteiger partial charge on any atom is -0.497 e. The summed E-state index contributed by atoms with van der Waals surface area (Å²) in [7, 11) is 1.62. The molecule has 29 heavy (non-hydrogen) atoms. The Hall–Kier alpha value is -2.57. The molecule has 0 bridgehead atoms. The molecule has 154 valence electrons. The smallest absolute Gasteiger partial charge is 0.309 e. The van der Waals surface area contributed by atoms with Crippen LogP contribution in [0, 0.1) is 5.92 Å². The van der Waals surface area contributed by atoms with Gasteiger partial charge in [0.25, 0.3) is 0 Å². The summed E-state index contributed by atoms with van der Waals surface area (Å²) in [5.74, 6) is 1.07. The van der Waals surface area contributed by atoms with Crippen LogP contribution in [0.1, 0.15) is 42.2 Å². The quantitative estimate of drug-likeness (QED) is 0.627. The predicted octanol–water partition coefficient (Wildman–Crippen LogP) is 3.99. The first-order valence-corrected chi connectivity index (χ1v) is 9.99. The normalized spacial score (nSPS) is 21.0. The third-order valence-electron chi connectivity index (χ3n) is 5.26. The summed E-state index contributed by atoms with van der Waals surface area (Å²) in [6, 6.07) is 13.8. The van der Waals surface area contributed by atoms with Gasteiger partial charge in [-0.2, -0.15) is 0 Å². The van der Waals surface area contributed by atoms with E-state index in [-0.39, 0.29) is 17.8 Å². The Balaban J connectivity index is 1.66. The first-order valence-electron chi connectivity index (χ1n) is 9.99. The number of hydrogen-bond acceptors (Lipinski definition) is 6. The molecule has 6 nitrogen and oxygen atoms in total. The van der Waals surface area contributed by atoms with Crippen molar-refractivity contribution in [2.75, 3.05) is 26.9 Å². The summed E-state index contributed by atoms with van der Waals surface area (Å²) in [5.41, 5.74) is 2.88. The molecule has 0 spiro atoms. The zero-order valence-electron chi connectivity index (χ0n) is 16.8. The van der Waals surface area contributed by atoms with Gasteiger partial charge in [0.1, 0.15) is 18.1 Å². The van der Waals surface area contributed by atoms with E-state index in [9.17, 15) is 4.79 Å². The number of methoxy groups -OCH3 is 1. The third kappa shape index (κ3) is 4.38. The average molecular weight is 398 g/mol. The fraction of sp³-hybridized carbons (Fsp3) is 0.435. The fourth-order valence-corrected chi connectivity index (χ4v) is 3.73. The van der Waals surface area contributed by atoms with Crippen LogP contribution in [0.5, 0.6) is 11.5 Å². The van der Waals surface area contributed by atoms with E-state index >= 15 is 0 Å². The van der Waals surface area contributed by atoms with Gasteiger partial charge in [-0.3, -0.25) is 4.79 Å². The molecule has 0 radical (unpaired) electrons. The summed E-state index contributed by atoms with van der Waals surface area (Å²) >= 11 is 0. The van der Waals surface area contributed by atoms with Gasteiger partial charge in [0, 0.05) is 6.07 Å². The molecule has 1 aliphatic carbocycles. The van der Waals surface area contributed by atoms with Gasteiger partial charge in [0.2, 0.25) is 0 Å². The second-order valence-corrected chi connectivity index (χ2v) is 7.18. The summed E-state index contributed by atoms with van der Waals surface area (Å²) in [5, 5.41) is 0. The van der Waals surface area contributed by atoms with Gasteiger partial charge in [-0.1, -0.05) is 30.3 Å². The molecule has 2 aromatic carbocycles. The lowest BCUT2D eigenvalue weighted by Gasteiger charge is -2.21. The Morgan fingerprint density at radius 1 is 1.14 bits per heavy atom. The molecule has 2 fully saturated rings. The van der Waals surface area contributed by atoms with Crippen LogP contribution in [0.2, 0.25) is 0 Å². The summed E-state index contributed by atoms with van der Waals surface area (Å²) < 4.78 is 28.5. The number of hydrogen-bond donors (Lipinski definition) is 0. The number of rotatable bonds is 8. The lowest BCUT2D eigenvalue weighted by atomic mass is 9.99. The van der Waals surface area contributed by atoms with Crippen LogP contribution >= 0.6 is 0 Å². The molecule has 2 atom stereocenters.